The summed E-state index contributed by atoms with van der Waals surface area (Å²) in [7, 11) is 0. The van der Waals surface area contributed by atoms with Crippen molar-refractivity contribution in [2.24, 2.45) is 0 Å². The maximum Gasteiger partial charge on any atom is 0.316 e. The largest absolute Gasteiger partial charge is 0.409 e. The van der Waals surface area contributed by atoms with Crippen LogP contribution in [0.3, 0.4) is 0 Å². The van der Waals surface area contributed by atoms with E-state index in [1.165, 1.54) is 5.56 Å². The van der Waals surface area contributed by atoms with E-state index in [1.54, 1.807) is 18.3 Å². The molecule has 3 heteroatoms. The van der Waals surface area contributed by atoms with Crippen LogP contribution in [-0.4, -0.2) is 11.0 Å². The van der Waals surface area contributed by atoms with E-state index >= 15 is 0 Å². The van der Waals surface area contributed by atoms with Gasteiger partial charge < -0.3 is 9.72 Å². The molecule has 0 spiro atoms. The fourth-order valence-corrected chi connectivity index (χ4v) is 1.41. The average Bonchev–Trinajstić information content (AvgIpc) is 2.74. The molecule has 0 bridgehead atoms. The highest BCUT2D eigenvalue weighted by Crippen LogP contribution is 2.08. The summed E-state index contributed by atoms with van der Waals surface area (Å²) in [4.78, 5) is 14.3. The number of rotatable bonds is 3. The van der Waals surface area contributed by atoms with E-state index in [4.69, 9.17) is 4.74 Å². The molecule has 0 unspecified atom stereocenters. The third-order valence-electron chi connectivity index (χ3n) is 2.26. The molecule has 0 atom stereocenters. The Hall–Kier alpha value is -2.03. The Morgan fingerprint density at radius 2 is 2.00 bits per heavy atom. The van der Waals surface area contributed by atoms with E-state index in [0.717, 1.165) is 5.56 Å². The van der Waals surface area contributed by atoms with E-state index in [2.05, 4.69) is 4.98 Å². The molecule has 0 saturated heterocycles. The van der Waals surface area contributed by atoms with E-state index in [9.17, 15) is 4.79 Å². The second-order valence-corrected chi connectivity index (χ2v) is 3.67. The van der Waals surface area contributed by atoms with Crippen molar-refractivity contribution >= 4 is 5.97 Å². The summed E-state index contributed by atoms with van der Waals surface area (Å²) in [5.41, 5.74) is 2.14. The Bertz CT molecular complexity index is 457. The molecule has 1 N–H and O–H groups in total. The van der Waals surface area contributed by atoms with Gasteiger partial charge in [-0.15, -0.1) is 0 Å². The zero-order valence-corrected chi connectivity index (χ0v) is 9.07. The van der Waals surface area contributed by atoms with Crippen LogP contribution in [0.15, 0.2) is 42.6 Å². The number of esters is 1. The van der Waals surface area contributed by atoms with E-state index in [0.29, 0.717) is 12.3 Å². The number of hydrogen-bond donors (Lipinski definition) is 1. The molecule has 3 nitrogen and oxygen atoms in total. The van der Waals surface area contributed by atoms with Crippen molar-refractivity contribution in [3.63, 3.8) is 0 Å². The minimum Gasteiger partial charge on any atom is -0.409 e. The molecule has 16 heavy (non-hydrogen) atoms. The number of H-pyrrole nitrogens is 1. The number of nitrogens with one attached hydrogen (secondary N) is 1. The summed E-state index contributed by atoms with van der Waals surface area (Å²) in [6.45, 7) is 2.01. The lowest BCUT2D eigenvalue weighted by atomic mass is 10.1. The van der Waals surface area contributed by atoms with Crippen LogP contribution in [0.25, 0.3) is 0 Å². The van der Waals surface area contributed by atoms with Crippen molar-refractivity contribution < 1.29 is 9.53 Å². The number of benzene rings is 1. The second-order valence-electron chi connectivity index (χ2n) is 3.67. The van der Waals surface area contributed by atoms with Crippen LogP contribution in [0.1, 0.15) is 11.1 Å². The summed E-state index contributed by atoms with van der Waals surface area (Å²) >= 11 is 0. The summed E-state index contributed by atoms with van der Waals surface area (Å²) in [6, 6.07) is 11.3. The highest BCUT2D eigenvalue weighted by molar-refractivity contribution is 5.74. The lowest BCUT2D eigenvalue weighted by Gasteiger charge is -2.02. The van der Waals surface area contributed by atoms with Crippen LogP contribution in [0, 0.1) is 6.92 Å². The molecule has 1 heterocycles. The van der Waals surface area contributed by atoms with Gasteiger partial charge in [0.2, 0.25) is 5.88 Å². The zero-order valence-electron chi connectivity index (χ0n) is 9.07. The fraction of sp³-hybridized carbons (Fsp3) is 0.154. The first-order valence-corrected chi connectivity index (χ1v) is 5.13. The first-order chi connectivity index (χ1) is 7.74. The van der Waals surface area contributed by atoms with Gasteiger partial charge >= 0.3 is 5.97 Å². The molecule has 0 aliphatic rings. The lowest BCUT2D eigenvalue weighted by Crippen LogP contribution is -2.11. The first kappa shape index (κ1) is 10.5. The van der Waals surface area contributed by atoms with Gasteiger partial charge in [-0.1, -0.05) is 29.8 Å². The molecule has 2 aromatic rings. The Morgan fingerprint density at radius 3 is 2.62 bits per heavy atom. The maximum atomic E-state index is 11.5. The van der Waals surface area contributed by atoms with Gasteiger partial charge in [0, 0.05) is 12.3 Å². The first-order valence-electron chi connectivity index (χ1n) is 5.13. The molecule has 82 valence electrons. The number of carbonyl (C=O) groups is 1. The topological polar surface area (TPSA) is 42.1 Å². The molecule has 1 aromatic heterocycles. The standard InChI is InChI=1S/C13H13NO2/c1-10-4-6-11(7-5-10)9-13(15)16-12-3-2-8-14-12/h2-8,14H,9H2,1H3. The minimum absolute atomic E-state index is 0.258. The van der Waals surface area contributed by atoms with Crippen LogP contribution in [0.4, 0.5) is 0 Å². The van der Waals surface area contributed by atoms with Crippen molar-refractivity contribution in [3.05, 3.63) is 53.7 Å². The Kier molecular flexibility index (Phi) is 3.05. The number of aromatic nitrogens is 1. The van der Waals surface area contributed by atoms with Gasteiger partial charge in [0.25, 0.3) is 0 Å². The Balaban J connectivity index is 1.95. The van der Waals surface area contributed by atoms with E-state index < -0.39 is 0 Å². The number of ether oxygens (including phenoxy) is 1. The van der Waals surface area contributed by atoms with Gasteiger partial charge in [0.15, 0.2) is 0 Å². The number of hydrogen-bond acceptors (Lipinski definition) is 2. The van der Waals surface area contributed by atoms with E-state index in [-0.39, 0.29) is 5.97 Å². The third-order valence-corrected chi connectivity index (χ3v) is 2.26. The molecule has 2 rings (SSSR count). The van der Waals surface area contributed by atoms with Gasteiger partial charge in [-0.2, -0.15) is 0 Å². The number of aromatic amines is 1. The second kappa shape index (κ2) is 4.66. The summed E-state index contributed by atoms with van der Waals surface area (Å²) < 4.78 is 5.09. The molecule has 0 aliphatic heterocycles. The quantitative estimate of drug-likeness (QED) is 0.799. The summed E-state index contributed by atoms with van der Waals surface area (Å²) in [5, 5.41) is 0. The van der Waals surface area contributed by atoms with Crippen LogP contribution in [0.2, 0.25) is 0 Å². The molecule has 0 radical (unpaired) electrons. The predicted molar refractivity (Wildman–Crippen MR) is 61.3 cm³/mol. The van der Waals surface area contributed by atoms with Crippen molar-refractivity contribution in [2.45, 2.75) is 13.3 Å². The predicted octanol–water partition coefficient (Wildman–Crippen LogP) is 2.47. The van der Waals surface area contributed by atoms with Gasteiger partial charge in [0.1, 0.15) is 0 Å². The van der Waals surface area contributed by atoms with Gasteiger partial charge in [-0.3, -0.25) is 4.79 Å². The van der Waals surface area contributed by atoms with Gasteiger partial charge in [-0.25, -0.2) is 0 Å². The smallest absolute Gasteiger partial charge is 0.316 e. The average molecular weight is 215 g/mol. The molecular formula is C13H13NO2. The highest BCUT2D eigenvalue weighted by atomic mass is 16.5. The van der Waals surface area contributed by atoms with Crippen molar-refractivity contribution in [1.29, 1.82) is 0 Å². The van der Waals surface area contributed by atoms with Crippen molar-refractivity contribution in [1.82, 2.24) is 4.98 Å². The molecule has 1 aromatic carbocycles. The molecule has 0 saturated carbocycles. The normalized spacial score (nSPS) is 10.1. The van der Waals surface area contributed by atoms with Gasteiger partial charge in [0.05, 0.1) is 6.42 Å². The lowest BCUT2D eigenvalue weighted by molar-refractivity contribution is -0.133. The SMILES string of the molecule is Cc1ccc(CC(=O)Oc2ccc[nH]2)cc1. The number of carbonyl (C=O) groups excluding carboxylic acids is 1. The molecular weight excluding hydrogens is 202 g/mol. The van der Waals surface area contributed by atoms with Crippen LogP contribution in [0.5, 0.6) is 5.88 Å². The van der Waals surface area contributed by atoms with Crippen molar-refractivity contribution in [3.8, 4) is 5.88 Å². The van der Waals surface area contributed by atoms with Crippen LogP contribution in [-0.2, 0) is 11.2 Å². The Morgan fingerprint density at radius 1 is 1.25 bits per heavy atom. The Labute approximate surface area is 94.1 Å². The zero-order chi connectivity index (χ0) is 11.4. The molecule has 0 aliphatic carbocycles. The molecule has 0 amide bonds. The molecule has 0 fully saturated rings. The maximum absolute atomic E-state index is 11.5. The van der Waals surface area contributed by atoms with Crippen LogP contribution >= 0.6 is 0 Å². The van der Waals surface area contributed by atoms with Gasteiger partial charge in [-0.05, 0) is 18.6 Å². The highest BCUT2D eigenvalue weighted by Gasteiger charge is 2.06. The number of aryl methyl sites for hydroxylation is 1. The van der Waals surface area contributed by atoms with E-state index in [1.807, 2.05) is 31.2 Å². The van der Waals surface area contributed by atoms with Crippen LogP contribution < -0.4 is 4.74 Å². The minimum atomic E-state index is -0.258. The monoisotopic (exact) mass is 215 g/mol. The third kappa shape index (κ3) is 2.73. The fourth-order valence-electron chi connectivity index (χ4n) is 1.41. The summed E-state index contributed by atoms with van der Waals surface area (Å²) in [5.74, 6) is 0.225. The summed E-state index contributed by atoms with van der Waals surface area (Å²) in [6.07, 6.45) is 2.01. The van der Waals surface area contributed by atoms with Crippen molar-refractivity contribution in [2.75, 3.05) is 0 Å².